The minimum Gasteiger partial charge on any atom is -0.448 e. The number of rotatable bonds is 6. The monoisotopic (exact) mass is 802 g/mol. The number of benzene rings is 1. The normalized spacial score (nSPS) is 21.1. The molecule has 5 aromatic heterocycles. The minimum absolute atomic E-state index is 0.0495. The van der Waals surface area contributed by atoms with E-state index in [1.165, 1.54) is 0 Å². The van der Waals surface area contributed by atoms with Crippen LogP contribution in [0, 0.1) is 18.8 Å². The van der Waals surface area contributed by atoms with Gasteiger partial charge in [-0.3, -0.25) is 34.0 Å². The van der Waals surface area contributed by atoms with Crippen molar-refractivity contribution in [2.24, 2.45) is 7.05 Å². The molecule has 14 nitrogen and oxygen atoms in total. The number of hydrogen-bond donors (Lipinski definition) is 2. The third kappa shape index (κ3) is 6.88. The lowest BCUT2D eigenvalue weighted by Crippen LogP contribution is -2.39. The molecule has 302 valence electrons. The van der Waals surface area contributed by atoms with Crippen molar-refractivity contribution in [2.45, 2.75) is 82.3 Å². The minimum atomic E-state index is -0.444. The van der Waals surface area contributed by atoms with Crippen LogP contribution in [0.2, 0.25) is 0 Å². The Morgan fingerprint density at radius 3 is 2.60 bits per heavy atom. The van der Waals surface area contributed by atoms with Gasteiger partial charge in [-0.1, -0.05) is 18.1 Å². The molecule has 4 aliphatic heterocycles. The van der Waals surface area contributed by atoms with Gasteiger partial charge in [-0.25, -0.2) is 15.0 Å². The summed E-state index contributed by atoms with van der Waals surface area (Å²) in [6, 6.07) is 14.9. The van der Waals surface area contributed by atoms with Crippen LogP contribution in [-0.2, 0) is 27.8 Å². The first-order valence-electron chi connectivity index (χ1n) is 20.6. The van der Waals surface area contributed by atoms with Gasteiger partial charge >= 0.3 is 0 Å². The molecular weight excluding hydrogens is 761 g/mol. The molecule has 0 saturated carbocycles. The van der Waals surface area contributed by atoms with Gasteiger partial charge in [-0.05, 0) is 93.7 Å². The lowest BCUT2D eigenvalue weighted by molar-refractivity contribution is -0.134. The summed E-state index contributed by atoms with van der Waals surface area (Å²) in [6.07, 6.45) is 10.4. The van der Waals surface area contributed by atoms with Crippen molar-refractivity contribution in [3.8, 4) is 23.2 Å². The van der Waals surface area contributed by atoms with E-state index in [1.54, 1.807) is 42.1 Å². The molecule has 3 unspecified atom stereocenters. The second-order valence-corrected chi connectivity index (χ2v) is 16.2. The Morgan fingerprint density at radius 2 is 1.80 bits per heavy atom. The molecule has 1 aromatic carbocycles. The van der Waals surface area contributed by atoms with Crippen LogP contribution in [0.25, 0.3) is 33.4 Å². The standard InChI is InChI=1S/C46H42N8O6/c1-25-18-34-38(22-37(51-43(34)53(2)46(25)58)27-19-29-11-12-30(20-27)59-29)54-17-5-8-35-39(54)24-49-42(50-35)26-10-14-36(48-23-26)45(57)47-16-4-6-28-21-33-31(7-3-9-40(33)60-28)32-13-15-41(55)52-44(32)56/h3,7,9-10,14,18,21-24,27,29-30,32H,5,8,11-13,15-17,19-20H2,1-2H3,(H,47,57)(H,52,55,56). The lowest BCUT2D eigenvalue weighted by Gasteiger charge is -2.33. The number of imide groups is 1. The number of aryl methyl sites for hydroxylation is 3. The van der Waals surface area contributed by atoms with Crippen LogP contribution in [0.3, 0.4) is 0 Å². The van der Waals surface area contributed by atoms with Crippen LogP contribution >= 0.6 is 0 Å². The summed E-state index contributed by atoms with van der Waals surface area (Å²) in [7, 11) is 1.80. The van der Waals surface area contributed by atoms with Gasteiger partial charge in [0.15, 0.2) is 11.6 Å². The Morgan fingerprint density at radius 1 is 0.950 bits per heavy atom. The number of carbonyl (C=O) groups is 3. The van der Waals surface area contributed by atoms with Gasteiger partial charge in [0, 0.05) is 65.8 Å². The number of amides is 3. The number of piperidine rings is 1. The molecule has 0 aliphatic carbocycles. The van der Waals surface area contributed by atoms with Gasteiger partial charge in [-0.15, -0.1) is 0 Å². The van der Waals surface area contributed by atoms with Crippen LogP contribution in [-0.4, -0.2) is 67.5 Å². The summed E-state index contributed by atoms with van der Waals surface area (Å²) in [4.78, 5) is 71.9. The maximum absolute atomic E-state index is 13.1. The van der Waals surface area contributed by atoms with Gasteiger partial charge in [0.2, 0.25) is 11.8 Å². The van der Waals surface area contributed by atoms with E-state index >= 15 is 0 Å². The van der Waals surface area contributed by atoms with E-state index < -0.39 is 5.92 Å². The Hall–Kier alpha value is -6.72. The number of pyridine rings is 3. The molecule has 0 radical (unpaired) electrons. The maximum Gasteiger partial charge on any atom is 0.270 e. The van der Waals surface area contributed by atoms with Crippen LogP contribution < -0.4 is 21.1 Å². The number of hydrogen-bond acceptors (Lipinski definition) is 11. The molecular formula is C46H42N8O6. The highest BCUT2D eigenvalue weighted by Crippen LogP contribution is 2.44. The smallest absolute Gasteiger partial charge is 0.270 e. The van der Waals surface area contributed by atoms with Gasteiger partial charge in [0.25, 0.3) is 11.5 Å². The second kappa shape index (κ2) is 15.1. The highest BCUT2D eigenvalue weighted by atomic mass is 16.5. The quantitative estimate of drug-likeness (QED) is 0.157. The average molecular weight is 803 g/mol. The molecule has 3 atom stereocenters. The average Bonchev–Trinajstić information content (AvgIpc) is 3.84. The number of nitrogens with one attached hydrogen (secondary N) is 2. The van der Waals surface area contributed by atoms with Gasteiger partial charge in [0.1, 0.15) is 16.9 Å². The van der Waals surface area contributed by atoms with Crippen molar-refractivity contribution in [2.75, 3.05) is 18.0 Å². The first-order chi connectivity index (χ1) is 29.2. The zero-order valence-corrected chi connectivity index (χ0v) is 33.3. The molecule has 3 amide bonds. The summed E-state index contributed by atoms with van der Waals surface area (Å²) in [5, 5.41) is 6.88. The first-order valence-corrected chi connectivity index (χ1v) is 20.6. The predicted molar refractivity (Wildman–Crippen MR) is 223 cm³/mol. The Bertz CT molecular complexity index is 2860. The molecule has 60 heavy (non-hydrogen) atoms. The molecule has 14 heteroatoms. The SMILES string of the molecule is Cc1cc2c(N3CCCc4nc(-c5ccc(C(=O)NCC#Cc6cc7c(C8CCC(=O)NC8=O)cccc7o6)nc5)ncc43)cc(C3CC4CCC(C3)O4)nc2n(C)c1=O. The van der Waals surface area contributed by atoms with E-state index in [9.17, 15) is 19.2 Å². The summed E-state index contributed by atoms with van der Waals surface area (Å²) >= 11 is 0. The van der Waals surface area contributed by atoms with Crippen molar-refractivity contribution < 1.29 is 23.5 Å². The zero-order chi connectivity index (χ0) is 41.1. The molecule has 2 N–H and O–H groups in total. The highest BCUT2D eigenvalue weighted by molar-refractivity contribution is 6.03. The largest absolute Gasteiger partial charge is 0.448 e. The van der Waals surface area contributed by atoms with E-state index in [1.807, 2.05) is 31.3 Å². The van der Waals surface area contributed by atoms with Crippen LogP contribution in [0.1, 0.15) is 95.5 Å². The Labute approximate surface area is 344 Å². The van der Waals surface area contributed by atoms with Crippen LogP contribution in [0.5, 0.6) is 0 Å². The van der Waals surface area contributed by atoms with Gasteiger partial charge in [-0.2, -0.15) is 0 Å². The van der Waals surface area contributed by atoms with Crippen molar-refractivity contribution in [1.82, 2.24) is 35.1 Å². The molecule has 3 fully saturated rings. The lowest BCUT2D eigenvalue weighted by atomic mass is 9.88. The molecule has 2 bridgehead atoms. The van der Waals surface area contributed by atoms with Gasteiger partial charge in [0.05, 0.1) is 47.9 Å². The fourth-order valence-corrected chi connectivity index (χ4v) is 9.29. The predicted octanol–water partition coefficient (Wildman–Crippen LogP) is 5.65. The van der Waals surface area contributed by atoms with E-state index in [-0.39, 0.29) is 60.1 Å². The third-order valence-corrected chi connectivity index (χ3v) is 12.3. The molecule has 3 saturated heterocycles. The first kappa shape index (κ1) is 37.5. The number of furan rings is 1. The van der Waals surface area contributed by atoms with E-state index in [2.05, 4.69) is 38.4 Å². The topological polar surface area (TPSA) is 174 Å². The van der Waals surface area contributed by atoms with E-state index in [0.717, 1.165) is 84.2 Å². The zero-order valence-electron chi connectivity index (χ0n) is 33.3. The fourth-order valence-electron chi connectivity index (χ4n) is 9.29. The summed E-state index contributed by atoms with van der Waals surface area (Å²) in [5.41, 5.74) is 7.42. The van der Waals surface area contributed by atoms with Crippen molar-refractivity contribution in [1.29, 1.82) is 0 Å². The number of anilines is 2. The van der Waals surface area contributed by atoms with Crippen LogP contribution in [0.15, 0.2) is 70.1 Å². The highest BCUT2D eigenvalue weighted by Gasteiger charge is 2.37. The molecule has 0 spiro atoms. The fraction of sp³-hybridized carbons (Fsp3) is 0.348. The number of nitrogens with zero attached hydrogens (tertiary/aromatic N) is 6. The van der Waals surface area contributed by atoms with E-state index in [0.29, 0.717) is 40.4 Å². The summed E-state index contributed by atoms with van der Waals surface area (Å²) < 4.78 is 13.7. The summed E-state index contributed by atoms with van der Waals surface area (Å²) in [6.45, 7) is 2.68. The molecule has 10 rings (SSSR count). The van der Waals surface area contributed by atoms with Crippen LogP contribution in [0.4, 0.5) is 11.4 Å². The molecule has 9 heterocycles. The molecule has 6 aromatic rings. The van der Waals surface area contributed by atoms with E-state index in [4.69, 9.17) is 24.1 Å². The Balaban J connectivity index is 0.847. The maximum atomic E-state index is 13.1. The number of aromatic nitrogens is 5. The Kier molecular flexibility index (Phi) is 9.48. The number of ether oxygens (including phenoxy) is 1. The van der Waals surface area contributed by atoms with Crippen molar-refractivity contribution >= 4 is 51.1 Å². The van der Waals surface area contributed by atoms with Crippen molar-refractivity contribution in [3.63, 3.8) is 0 Å². The van der Waals surface area contributed by atoms with Gasteiger partial charge < -0.3 is 19.4 Å². The second-order valence-electron chi connectivity index (χ2n) is 16.2. The van der Waals surface area contributed by atoms with Crippen molar-refractivity contribution in [3.05, 3.63) is 105 Å². The number of carbonyl (C=O) groups excluding carboxylic acids is 3. The number of fused-ring (bicyclic) bond motifs is 5. The summed E-state index contributed by atoms with van der Waals surface area (Å²) in [5.74, 6) is 5.65. The third-order valence-electron chi connectivity index (χ3n) is 12.3. The molecule has 4 aliphatic rings.